The number of nitrogen functional groups attached to an aromatic ring is 1. The lowest BCUT2D eigenvalue weighted by Gasteiger charge is -2.05. The van der Waals surface area contributed by atoms with E-state index in [1.807, 2.05) is 62.4 Å². The van der Waals surface area contributed by atoms with Gasteiger partial charge in [-0.15, -0.1) is 5.10 Å². The predicted molar refractivity (Wildman–Crippen MR) is 87.1 cm³/mol. The van der Waals surface area contributed by atoms with E-state index in [9.17, 15) is 0 Å². The van der Waals surface area contributed by atoms with Gasteiger partial charge in [0.25, 0.3) is 0 Å². The molecule has 0 bridgehead atoms. The number of benzene rings is 2. The highest BCUT2D eigenvalue weighted by molar-refractivity contribution is 5.71. The van der Waals surface area contributed by atoms with Crippen molar-refractivity contribution in [2.24, 2.45) is 0 Å². The van der Waals surface area contributed by atoms with E-state index < -0.39 is 0 Å². The van der Waals surface area contributed by atoms with E-state index in [0.29, 0.717) is 18.1 Å². The van der Waals surface area contributed by atoms with Crippen molar-refractivity contribution in [3.63, 3.8) is 0 Å². The van der Waals surface area contributed by atoms with Gasteiger partial charge in [-0.3, -0.25) is 0 Å². The van der Waals surface area contributed by atoms with Crippen LogP contribution >= 0.6 is 0 Å². The summed E-state index contributed by atoms with van der Waals surface area (Å²) < 4.78 is 7.08. The fraction of sp³-hybridized carbons (Fsp3) is 0.176. The van der Waals surface area contributed by atoms with Crippen LogP contribution in [0.15, 0.2) is 48.5 Å². The third kappa shape index (κ3) is 2.65. The van der Waals surface area contributed by atoms with Crippen LogP contribution in [0.2, 0.25) is 0 Å². The zero-order valence-corrected chi connectivity index (χ0v) is 12.7. The average molecular weight is 294 g/mol. The van der Waals surface area contributed by atoms with Gasteiger partial charge >= 0.3 is 0 Å². The van der Waals surface area contributed by atoms with Crippen molar-refractivity contribution in [1.82, 2.24) is 15.0 Å². The van der Waals surface area contributed by atoms with Gasteiger partial charge in [0.05, 0.1) is 12.3 Å². The molecule has 112 valence electrons. The lowest BCUT2D eigenvalue weighted by Crippen LogP contribution is -2.02. The molecule has 5 heteroatoms. The maximum Gasteiger partial charge on any atom is 0.155 e. The molecule has 1 aromatic heterocycles. The Morgan fingerprint density at radius 2 is 1.73 bits per heavy atom. The van der Waals surface area contributed by atoms with Crippen LogP contribution in [-0.4, -0.2) is 21.6 Å². The van der Waals surface area contributed by atoms with Crippen LogP contribution in [0.3, 0.4) is 0 Å². The topological polar surface area (TPSA) is 66.0 Å². The molecular weight excluding hydrogens is 276 g/mol. The molecule has 22 heavy (non-hydrogen) atoms. The minimum Gasteiger partial charge on any atom is -0.494 e. The average Bonchev–Trinajstić information content (AvgIpc) is 2.91. The van der Waals surface area contributed by atoms with Gasteiger partial charge in [0.1, 0.15) is 11.4 Å². The van der Waals surface area contributed by atoms with Gasteiger partial charge in [-0.25, -0.2) is 0 Å². The minimum atomic E-state index is 0.521. The first-order valence-corrected chi connectivity index (χ1v) is 7.20. The van der Waals surface area contributed by atoms with E-state index in [-0.39, 0.29) is 0 Å². The van der Waals surface area contributed by atoms with E-state index in [1.165, 1.54) is 5.56 Å². The number of nitrogens with zero attached hydrogens (tertiary/aromatic N) is 3. The fourth-order valence-corrected chi connectivity index (χ4v) is 2.25. The van der Waals surface area contributed by atoms with Crippen LogP contribution in [-0.2, 0) is 0 Å². The molecule has 3 aromatic rings. The highest BCUT2D eigenvalue weighted by Crippen LogP contribution is 2.27. The van der Waals surface area contributed by atoms with Gasteiger partial charge in [0.15, 0.2) is 5.82 Å². The summed E-state index contributed by atoms with van der Waals surface area (Å²) in [5, 5.41) is 8.37. The largest absolute Gasteiger partial charge is 0.494 e. The second kappa shape index (κ2) is 5.89. The van der Waals surface area contributed by atoms with Crippen LogP contribution in [0.5, 0.6) is 5.75 Å². The number of rotatable bonds is 4. The van der Waals surface area contributed by atoms with Crippen LogP contribution in [0.25, 0.3) is 16.9 Å². The third-order valence-corrected chi connectivity index (χ3v) is 3.42. The Balaban J connectivity index is 1.94. The highest BCUT2D eigenvalue weighted by atomic mass is 16.5. The van der Waals surface area contributed by atoms with Crippen LogP contribution < -0.4 is 10.5 Å². The molecule has 0 spiro atoms. The first-order chi connectivity index (χ1) is 10.7. The summed E-state index contributed by atoms with van der Waals surface area (Å²) >= 11 is 0. The van der Waals surface area contributed by atoms with E-state index in [1.54, 1.807) is 4.68 Å². The molecule has 1 heterocycles. The molecule has 3 rings (SSSR count). The lowest BCUT2D eigenvalue weighted by molar-refractivity contribution is 0.340. The van der Waals surface area contributed by atoms with E-state index >= 15 is 0 Å². The monoisotopic (exact) mass is 294 g/mol. The number of aromatic nitrogens is 3. The number of hydrogen-bond acceptors (Lipinski definition) is 4. The summed E-state index contributed by atoms with van der Waals surface area (Å²) in [6, 6.07) is 15.7. The Morgan fingerprint density at radius 1 is 1.05 bits per heavy atom. The summed E-state index contributed by atoms with van der Waals surface area (Å²) in [6.07, 6.45) is 0. The van der Waals surface area contributed by atoms with Gasteiger partial charge in [-0.05, 0) is 50.2 Å². The molecule has 0 radical (unpaired) electrons. The van der Waals surface area contributed by atoms with Gasteiger partial charge in [0, 0.05) is 5.56 Å². The molecule has 0 saturated heterocycles. The van der Waals surface area contributed by atoms with E-state index in [4.69, 9.17) is 10.5 Å². The minimum absolute atomic E-state index is 0.521. The van der Waals surface area contributed by atoms with Gasteiger partial charge < -0.3 is 10.5 Å². The van der Waals surface area contributed by atoms with Crippen LogP contribution in [0.4, 0.5) is 5.82 Å². The predicted octanol–water partition coefficient (Wildman–Crippen LogP) is 3.22. The summed E-state index contributed by atoms with van der Waals surface area (Å²) in [5.74, 6) is 1.35. The first-order valence-electron chi connectivity index (χ1n) is 7.20. The summed E-state index contributed by atoms with van der Waals surface area (Å²) in [6.45, 7) is 4.64. The Labute approximate surface area is 129 Å². The van der Waals surface area contributed by atoms with Gasteiger partial charge in [-0.2, -0.15) is 4.68 Å². The summed E-state index contributed by atoms with van der Waals surface area (Å²) in [5.41, 5.74) is 9.88. The number of ether oxygens (including phenoxy) is 1. The Bertz CT molecular complexity index is 760. The molecule has 0 saturated carbocycles. The normalized spacial score (nSPS) is 10.6. The summed E-state index contributed by atoms with van der Waals surface area (Å²) in [4.78, 5) is 0. The molecule has 2 N–H and O–H groups in total. The van der Waals surface area contributed by atoms with E-state index in [0.717, 1.165) is 17.0 Å². The second-order valence-electron chi connectivity index (χ2n) is 5.03. The van der Waals surface area contributed by atoms with Crippen molar-refractivity contribution >= 4 is 5.82 Å². The van der Waals surface area contributed by atoms with Crippen LogP contribution in [0, 0.1) is 6.92 Å². The lowest BCUT2D eigenvalue weighted by atomic mass is 10.1. The molecule has 0 fully saturated rings. The van der Waals surface area contributed by atoms with Gasteiger partial charge in [-0.1, -0.05) is 22.9 Å². The third-order valence-electron chi connectivity index (χ3n) is 3.42. The van der Waals surface area contributed by atoms with E-state index in [2.05, 4.69) is 10.3 Å². The maximum absolute atomic E-state index is 6.21. The van der Waals surface area contributed by atoms with Crippen LogP contribution in [0.1, 0.15) is 12.5 Å². The maximum atomic E-state index is 6.21. The quantitative estimate of drug-likeness (QED) is 0.802. The van der Waals surface area contributed by atoms with Crippen molar-refractivity contribution in [2.45, 2.75) is 13.8 Å². The van der Waals surface area contributed by atoms with Crippen molar-refractivity contribution < 1.29 is 4.74 Å². The highest BCUT2D eigenvalue weighted by Gasteiger charge is 2.13. The molecule has 0 aliphatic rings. The Morgan fingerprint density at radius 3 is 2.36 bits per heavy atom. The van der Waals surface area contributed by atoms with Crippen molar-refractivity contribution in [3.8, 4) is 22.7 Å². The smallest absolute Gasteiger partial charge is 0.155 e. The first kappa shape index (κ1) is 14.1. The zero-order valence-electron chi connectivity index (χ0n) is 12.7. The van der Waals surface area contributed by atoms with Gasteiger partial charge in [0.2, 0.25) is 0 Å². The standard InChI is InChI=1S/C17H18N4O/c1-3-22-15-10-6-13(7-11-15)16-17(18)21(20-19-16)14-8-4-12(2)5-9-14/h4-11H,3,18H2,1-2H3. The molecule has 0 atom stereocenters. The molecule has 0 unspecified atom stereocenters. The molecular formula is C17H18N4O. The number of hydrogen-bond donors (Lipinski definition) is 1. The molecule has 0 amide bonds. The molecule has 2 aromatic carbocycles. The SMILES string of the molecule is CCOc1ccc(-c2nnn(-c3ccc(C)cc3)c2N)cc1. The molecule has 5 nitrogen and oxygen atoms in total. The fourth-order valence-electron chi connectivity index (χ4n) is 2.25. The number of anilines is 1. The summed E-state index contributed by atoms with van der Waals surface area (Å²) in [7, 11) is 0. The second-order valence-corrected chi connectivity index (χ2v) is 5.03. The number of nitrogens with two attached hydrogens (primary N) is 1. The zero-order chi connectivity index (χ0) is 15.5. The Hall–Kier alpha value is -2.82. The number of aryl methyl sites for hydroxylation is 1. The van der Waals surface area contributed by atoms with Crippen molar-refractivity contribution in [2.75, 3.05) is 12.3 Å². The van der Waals surface area contributed by atoms with Crippen molar-refractivity contribution in [3.05, 3.63) is 54.1 Å². The molecule has 0 aliphatic carbocycles. The molecule has 0 aliphatic heterocycles. The van der Waals surface area contributed by atoms with Crippen molar-refractivity contribution in [1.29, 1.82) is 0 Å². The Kier molecular flexibility index (Phi) is 3.78.